The molecule has 1 aromatic rings. The summed E-state index contributed by atoms with van der Waals surface area (Å²) in [5.41, 5.74) is 6.53. The lowest BCUT2D eigenvalue weighted by Gasteiger charge is -2.13. The molecule has 0 bridgehead atoms. The monoisotopic (exact) mass is 235 g/mol. The first-order valence-electron chi connectivity index (χ1n) is 5.70. The van der Waals surface area contributed by atoms with Crippen LogP contribution in [0.3, 0.4) is 0 Å². The Hall–Kier alpha value is -1.53. The molecule has 0 heterocycles. The van der Waals surface area contributed by atoms with Crippen LogP contribution in [0.5, 0.6) is 5.75 Å². The summed E-state index contributed by atoms with van der Waals surface area (Å²) in [6, 6.07) is 4.89. The Morgan fingerprint density at radius 1 is 1.47 bits per heavy atom. The van der Waals surface area contributed by atoms with Crippen molar-refractivity contribution in [3.63, 3.8) is 0 Å². The average Bonchev–Trinajstić information content (AvgIpc) is 2.26. The van der Waals surface area contributed by atoms with E-state index in [1.165, 1.54) is 6.07 Å². The van der Waals surface area contributed by atoms with Crippen LogP contribution in [0.25, 0.3) is 0 Å². The fourth-order valence-electron chi connectivity index (χ4n) is 1.55. The summed E-state index contributed by atoms with van der Waals surface area (Å²) in [5.74, 6) is 5.62. The van der Waals surface area contributed by atoms with Crippen molar-refractivity contribution in [3.05, 3.63) is 29.6 Å². The molecule has 1 rings (SSSR count). The Bertz CT molecular complexity index is 418. The lowest BCUT2D eigenvalue weighted by Crippen LogP contribution is -2.18. The third-order valence-corrected chi connectivity index (χ3v) is 2.24. The number of para-hydroxylation sites is 1. The number of rotatable bonds is 5. The summed E-state index contributed by atoms with van der Waals surface area (Å²) in [6.45, 7) is 4.05. The quantitative estimate of drug-likeness (QED) is 0.628. The highest BCUT2D eigenvalue weighted by molar-refractivity contribution is 5.35. The molecule has 1 unspecified atom stereocenters. The topological polar surface area (TPSA) is 35.2 Å². The van der Waals surface area contributed by atoms with Gasteiger partial charge < -0.3 is 10.5 Å². The Labute approximate surface area is 102 Å². The molecule has 3 heteroatoms. The number of halogens is 1. The van der Waals surface area contributed by atoms with E-state index in [0.29, 0.717) is 25.2 Å². The smallest absolute Gasteiger partial charge is 0.165 e. The highest BCUT2D eigenvalue weighted by Gasteiger charge is 2.10. The van der Waals surface area contributed by atoms with Gasteiger partial charge in [-0.1, -0.05) is 12.1 Å². The molecule has 0 amide bonds. The molecular formula is C14H18FNO. The zero-order chi connectivity index (χ0) is 12.7. The van der Waals surface area contributed by atoms with Crippen LogP contribution in [-0.2, 0) is 6.42 Å². The van der Waals surface area contributed by atoms with E-state index in [4.69, 9.17) is 10.5 Å². The van der Waals surface area contributed by atoms with Crippen LogP contribution in [0, 0.1) is 17.7 Å². The lowest BCUT2D eigenvalue weighted by molar-refractivity contribution is 0.305. The van der Waals surface area contributed by atoms with Gasteiger partial charge in [0.05, 0.1) is 6.61 Å². The zero-order valence-electron chi connectivity index (χ0n) is 10.3. The summed E-state index contributed by atoms with van der Waals surface area (Å²) in [5, 5.41) is 0. The predicted octanol–water partition coefficient (Wildman–Crippen LogP) is 2.51. The Balaban J connectivity index is 2.75. The highest BCUT2D eigenvalue weighted by Crippen LogP contribution is 2.23. The van der Waals surface area contributed by atoms with Gasteiger partial charge in [-0.15, -0.1) is 11.8 Å². The minimum absolute atomic E-state index is 0.0189. The molecule has 0 aliphatic heterocycles. The maximum absolute atomic E-state index is 13.6. The van der Waals surface area contributed by atoms with Gasteiger partial charge in [-0.3, -0.25) is 0 Å². The van der Waals surface area contributed by atoms with E-state index in [1.807, 2.05) is 13.0 Å². The summed E-state index contributed by atoms with van der Waals surface area (Å²) >= 11 is 0. The van der Waals surface area contributed by atoms with Crippen molar-refractivity contribution in [3.8, 4) is 17.6 Å². The van der Waals surface area contributed by atoms with Crippen molar-refractivity contribution in [2.24, 2.45) is 5.73 Å². The van der Waals surface area contributed by atoms with Crippen LogP contribution in [0.15, 0.2) is 18.2 Å². The summed E-state index contributed by atoms with van der Waals surface area (Å²) in [6.07, 6.45) is 1.20. The summed E-state index contributed by atoms with van der Waals surface area (Å²) in [4.78, 5) is 0. The average molecular weight is 235 g/mol. The molecule has 2 N–H and O–H groups in total. The fourth-order valence-corrected chi connectivity index (χ4v) is 1.55. The second kappa shape index (κ2) is 6.93. The number of nitrogens with two attached hydrogens (primary N) is 1. The second-order valence-corrected chi connectivity index (χ2v) is 3.93. The molecule has 0 radical (unpaired) electrons. The molecule has 0 aliphatic rings. The van der Waals surface area contributed by atoms with E-state index in [9.17, 15) is 4.39 Å². The molecule has 0 saturated carbocycles. The van der Waals surface area contributed by atoms with Gasteiger partial charge >= 0.3 is 0 Å². The largest absolute Gasteiger partial charge is 0.489 e. The molecule has 92 valence electrons. The lowest BCUT2D eigenvalue weighted by atomic mass is 10.1. The van der Waals surface area contributed by atoms with E-state index in [-0.39, 0.29) is 11.9 Å². The first-order valence-corrected chi connectivity index (χ1v) is 5.70. The van der Waals surface area contributed by atoms with Gasteiger partial charge in [0.1, 0.15) is 0 Å². The van der Waals surface area contributed by atoms with Gasteiger partial charge in [-0.2, -0.15) is 0 Å². The Morgan fingerprint density at radius 3 is 2.88 bits per heavy atom. The number of hydrogen-bond donors (Lipinski definition) is 1. The van der Waals surface area contributed by atoms with Crippen molar-refractivity contribution in [2.75, 3.05) is 6.61 Å². The molecule has 17 heavy (non-hydrogen) atoms. The Morgan fingerprint density at radius 2 is 2.24 bits per heavy atom. The fraction of sp³-hybridized carbons (Fsp3) is 0.429. The van der Waals surface area contributed by atoms with Crippen LogP contribution in [-0.4, -0.2) is 12.6 Å². The van der Waals surface area contributed by atoms with Crippen LogP contribution in [0.4, 0.5) is 4.39 Å². The van der Waals surface area contributed by atoms with E-state index >= 15 is 0 Å². The van der Waals surface area contributed by atoms with Crippen LogP contribution >= 0.6 is 0 Å². The van der Waals surface area contributed by atoms with Gasteiger partial charge in [-0.25, -0.2) is 4.39 Å². The molecule has 1 atom stereocenters. The van der Waals surface area contributed by atoms with Gasteiger partial charge in [0.2, 0.25) is 0 Å². The van der Waals surface area contributed by atoms with Crippen LogP contribution in [0.1, 0.15) is 25.8 Å². The second-order valence-electron chi connectivity index (χ2n) is 3.93. The SMILES string of the molecule is CC#CCCOc1c(F)cccc1CC(C)N. The van der Waals surface area contributed by atoms with E-state index in [2.05, 4.69) is 11.8 Å². The van der Waals surface area contributed by atoms with Gasteiger partial charge in [0.25, 0.3) is 0 Å². The highest BCUT2D eigenvalue weighted by atomic mass is 19.1. The van der Waals surface area contributed by atoms with E-state index in [1.54, 1.807) is 13.0 Å². The molecule has 0 aromatic heterocycles. The van der Waals surface area contributed by atoms with Gasteiger partial charge in [0.15, 0.2) is 11.6 Å². The third kappa shape index (κ3) is 4.46. The Kier molecular flexibility index (Phi) is 5.51. The normalized spacial score (nSPS) is 11.5. The number of ether oxygens (including phenoxy) is 1. The van der Waals surface area contributed by atoms with E-state index < -0.39 is 0 Å². The standard InChI is InChI=1S/C14H18FNO/c1-3-4-5-9-17-14-12(10-11(2)16)7-6-8-13(14)15/h6-8,11H,5,9-10,16H2,1-2H3. The van der Waals surface area contributed by atoms with Crippen molar-refractivity contribution in [1.82, 2.24) is 0 Å². The molecule has 0 fully saturated rings. The molecule has 2 nitrogen and oxygen atoms in total. The zero-order valence-corrected chi connectivity index (χ0v) is 10.3. The first kappa shape index (κ1) is 13.5. The molecule has 1 aromatic carbocycles. The molecular weight excluding hydrogens is 217 g/mol. The van der Waals surface area contributed by atoms with Crippen molar-refractivity contribution >= 4 is 0 Å². The summed E-state index contributed by atoms with van der Waals surface area (Å²) in [7, 11) is 0. The first-order chi connectivity index (χ1) is 8.15. The minimum atomic E-state index is -0.340. The van der Waals surface area contributed by atoms with Crippen LogP contribution in [0.2, 0.25) is 0 Å². The summed E-state index contributed by atoms with van der Waals surface area (Å²) < 4.78 is 19.0. The minimum Gasteiger partial charge on any atom is -0.489 e. The molecule has 0 saturated heterocycles. The van der Waals surface area contributed by atoms with Crippen molar-refractivity contribution in [2.45, 2.75) is 32.7 Å². The number of hydrogen-bond acceptors (Lipinski definition) is 2. The van der Waals surface area contributed by atoms with Gasteiger partial charge in [-0.05, 0) is 31.9 Å². The maximum atomic E-state index is 13.6. The maximum Gasteiger partial charge on any atom is 0.165 e. The third-order valence-electron chi connectivity index (χ3n) is 2.24. The number of benzene rings is 1. The van der Waals surface area contributed by atoms with Crippen molar-refractivity contribution in [1.29, 1.82) is 0 Å². The predicted molar refractivity (Wildman–Crippen MR) is 67.3 cm³/mol. The van der Waals surface area contributed by atoms with E-state index in [0.717, 1.165) is 5.56 Å². The van der Waals surface area contributed by atoms with Crippen molar-refractivity contribution < 1.29 is 9.13 Å². The van der Waals surface area contributed by atoms with Gasteiger partial charge in [0, 0.05) is 12.5 Å². The molecule has 0 spiro atoms. The van der Waals surface area contributed by atoms with Crippen LogP contribution < -0.4 is 10.5 Å². The molecule has 0 aliphatic carbocycles.